The lowest BCUT2D eigenvalue weighted by Gasteiger charge is -2.29. The molecule has 2 saturated heterocycles. The average Bonchev–Trinajstić information content (AvgIpc) is 4.05. The summed E-state index contributed by atoms with van der Waals surface area (Å²) in [6.07, 6.45) is 3.80. The van der Waals surface area contributed by atoms with Crippen molar-refractivity contribution in [3.8, 4) is 11.1 Å². The molecule has 0 saturated carbocycles. The molecule has 4 N–H and O–H groups in total. The molecule has 4 heterocycles. The second-order valence-corrected chi connectivity index (χ2v) is 16.1. The van der Waals surface area contributed by atoms with Gasteiger partial charge in [-0.15, -0.1) is 0 Å². The van der Waals surface area contributed by atoms with Crippen LogP contribution >= 0.6 is 0 Å². The first kappa shape index (κ1) is 40.3. The lowest BCUT2D eigenvalue weighted by molar-refractivity contribution is -0.136. The summed E-state index contributed by atoms with van der Waals surface area (Å²) in [6, 6.07) is 19.4. The van der Waals surface area contributed by atoms with E-state index in [2.05, 4.69) is 69.1 Å². The summed E-state index contributed by atoms with van der Waals surface area (Å²) in [7, 11) is 2.59. The number of benzene rings is 3. The van der Waals surface area contributed by atoms with E-state index in [4.69, 9.17) is 19.4 Å². The standard InChI is InChI=1S/C44H54N8O6/c1-25(2)37(49-43(55)57-5)41(53)51-21-7-9-35(51)39-45-31-19-15-28(23-33(31)47-39)12-11-27-13-16-29(17-14-27)30-18-20-32-34(24-30)48-40(46-32)36-10-8-22-52(36)42(54)38(26(3)4)50-44(56)58-6/h13-20,23-26,35-38H,7-12,21-22H2,1-6H3,(H,45,47)(H,46,48)(H,49,55)(H,50,56). The van der Waals surface area contributed by atoms with E-state index < -0.39 is 24.3 Å². The third kappa shape index (κ3) is 8.51. The maximum absolute atomic E-state index is 13.6. The molecule has 58 heavy (non-hydrogen) atoms. The molecule has 4 amide bonds. The van der Waals surface area contributed by atoms with Crippen molar-refractivity contribution in [1.29, 1.82) is 0 Å². The first-order valence-corrected chi connectivity index (χ1v) is 20.3. The van der Waals surface area contributed by atoms with E-state index in [0.717, 1.165) is 83.4 Å². The summed E-state index contributed by atoms with van der Waals surface area (Å²) in [5.41, 5.74) is 8.13. The molecule has 5 aromatic rings. The fourth-order valence-electron chi connectivity index (χ4n) is 8.29. The fourth-order valence-corrected chi connectivity index (χ4v) is 8.29. The van der Waals surface area contributed by atoms with Crippen molar-refractivity contribution in [3.05, 3.63) is 83.4 Å². The molecule has 4 atom stereocenters. The average molecular weight is 791 g/mol. The van der Waals surface area contributed by atoms with Gasteiger partial charge in [0.15, 0.2) is 0 Å². The maximum atomic E-state index is 13.6. The Morgan fingerprint density at radius 1 is 0.655 bits per heavy atom. The smallest absolute Gasteiger partial charge is 0.407 e. The highest BCUT2D eigenvalue weighted by Crippen LogP contribution is 2.35. The molecular formula is C44H54N8O6. The second-order valence-electron chi connectivity index (χ2n) is 16.1. The number of nitrogens with zero attached hydrogens (tertiary/aromatic N) is 4. The summed E-state index contributed by atoms with van der Waals surface area (Å²) >= 11 is 0. The number of nitrogens with one attached hydrogen (secondary N) is 4. The molecule has 14 heteroatoms. The topological polar surface area (TPSA) is 175 Å². The maximum Gasteiger partial charge on any atom is 0.407 e. The molecule has 306 valence electrons. The Bertz CT molecular complexity index is 2280. The Morgan fingerprint density at radius 3 is 1.60 bits per heavy atom. The molecule has 3 aromatic carbocycles. The Morgan fingerprint density at radius 2 is 1.10 bits per heavy atom. The summed E-state index contributed by atoms with van der Waals surface area (Å²) in [6.45, 7) is 8.85. The number of aryl methyl sites for hydroxylation is 2. The number of rotatable bonds is 12. The van der Waals surface area contributed by atoms with E-state index in [-0.39, 0.29) is 35.7 Å². The van der Waals surface area contributed by atoms with Crippen LogP contribution in [0.4, 0.5) is 9.59 Å². The zero-order valence-electron chi connectivity index (χ0n) is 34.1. The summed E-state index contributed by atoms with van der Waals surface area (Å²) in [4.78, 5) is 71.6. The number of imidazole rings is 2. The number of fused-ring (bicyclic) bond motifs is 2. The van der Waals surface area contributed by atoms with Gasteiger partial charge in [0.25, 0.3) is 0 Å². The molecule has 2 aromatic heterocycles. The number of aromatic amines is 2. The van der Waals surface area contributed by atoms with E-state index in [1.165, 1.54) is 25.3 Å². The van der Waals surface area contributed by atoms with Gasteiger partial charge in [-0.2, -0.15) is 0 Å². The van der Waals surface area contributed by atoms with Crippen molar-refractivity contribution in [2.75, 3.05) is 27.3 Å². The van der Waals surface area contributed by atoms with Crippen molar-refractivity contribution in [3.63, 3.8) is 0 Å². The van der Waals surface area contributed by atoms with Crippen molar-refractivity contribution < 1.29 is 28.7 Å². The van der Waals surface area contributed by atoms with Gasteiger partial charge in [0.1, 0.15) is 23.7 Å². The summed E-state index contributed by atoms with van der Waals surface area (Å²) in [5.74, 6) is 1.06. The number of ether oxygens (including phenoxy) is 2. The number of amides is 4. The molecular weight excluding hydrogens is 737 g/mol. The van der Waals surface area contributed by atoms with Gasteiger partial charge in [0.05, 0.1) is 48.4 Å². The summed E-state index contributed by atoms with van der Waals surface area (Å²) in [5, 5.41) is 5.42. The van der Waals surface area contributed by atoms with Gasteiger partial charge in [-0.3, -0.25) is 9.59 Å². The van der Waals surface area contributed by atoms with E-state index in [9.17, 15) is 19.2 Å². The number of likely N-dealkylation sites (tertiary alicyclic amines) is 2. The predicted octanol–water partition coefficient (Wildman–Crippen LogP) is 6.98. The minimum Gasteiger partial charge on any atom is -0.453 e. The van der Waals surface area contributed by atoms with Gasteiger partial charge in [-0.25, -0.2) is 19.6 Å². The van der Waals surface area contributed by atoms with Crippen LogP contribution < -0.4 is 10.6 Å². The van der Waals surface area contributed by atoms with Gasteiger partial charge in [0.2, 0.25) is 11.8 Å². The Balaban J connectivity index is 0.991. The van der Waals surface area contributed by atoms with Crippen LogP contribution in [0.2, 0.25) is 0 Å². The second kappa shape index (κ2) is 17.3. The lowest BCUT2D eigenvalue weighted by Crippen LogP contribution is -2.51. The number of hydrogen-bond donors (Lipinski definition) is 4. The first-order valence-electron chi connectivity index (χ1n) is 20.3. The molecule has 2 fully saturated rings. The monoisotopic (exact) mass is 790 g/mol. The number of carbonyl (C=O) groups is 4. The zero-order valence-corrected chi connectivity index (χ0v) is 34.1. The quantitative estimate of drug-likeness (QED) is 0.105. The predicted molar refractivity (Wildman–Crippen MR) is 221 cm³/mol. The molecule has 0 bridgehead atoms. The van der Waals surface area contributed by atoms with Crippen molar-refractivity contribution in [1.82, 2.24) is 40.4 Å². The number of methoxy groups -OCH3 is 2. The van der Waals surface area contributed by atoms with Gasteiger partial charge >= 0.3 is 12.2 Å². The van der Waals surface area contributed by atoms with Gasteiger partial charge in [0, 0.05) is 13.1 Å². The van der Waals surface area contributed by atoms with Gasteiger partial charge in [-0.05, 0) is 96.9 Å². The largest absolute Gasteiger partial charge is 0.453 e. The van der Waals surface area contributed by atoms with Crippen molar-refractivity contribution in [2.45, 2.75) is 90.4 Å². The van der Waals surface area contributed by atoms with E-state index in [1.807, 2.05) is 49.6 Å². The number of aromatic nitrogens is 4. The van der Waals surface area contributed by atoms with Crippen LogP contribution in [-0.4, -0.2) is 93.1 Å². The van der Waals surface area contributed by atoms with Gasteiger partial charge in [-0.1, -0.05) is 64.1 Å². The molecule has 2 aliphatic rings. The Hall–Kier alpha value is -5.92. The summed E-state index contributed by atoms with van der Waals surface area (Å²) < 4.78 is 9.54. The lowest BCUT2D eigenvalue weighted by atomic mass is 10.00. The van der Waals surface area contributed by atoms with E-state index >= 15 is 0 Å². The fraction of sp³-hybridized carbons (Fsp3) is 0.455. The Labute approximate surface area is 338 Å². The normalized spacial score (nSPS) is 17.9. The van der Waals surface area contributed by atoms with E-state index in [0.29, 0.717) is 13.1 Å². The first-order chi connectivity index (χ1) is 27.9. The molecule has 0 radical (unpaired) electrons. The SMILES string of the molecule is COC(=O)NC(C(=O)N1CCCC1c1nc2ccc(CCc3ccc(-c4ccc5nc(C6CCCN6C(=O)C(NC(=O)OC)C(C)C)[nH]c5c4)cc3)cc2[nH]1)C(C)C. The molecule has 0 spiro atoms. The van der Waals surface area contributed by atoms with Crippen LogP contribution in [0.3, 0.4) is 0 Å². The number of H-pyrrole nitrogens is 2. The third-order valence-corrected chi connectivity index (χ3v) is 11.5. The molecule has 0 aliphatic carbocycles. The number of alkyl carbamates (subject to hydrolysis) is 2. The van der Waals surface area contributed by atoms with Gasteiger partial charge < -0.3 is 39.9 Å². The highest BCUT2D eigenvalue weighted by atomic mass is 16.5. The minimum absolute atomic E-state index is 0.0965. The highest BCUT2D eigenvalue weighted by molar-refractivity contribution is 5.88. The minimum atomic E-state index is -0.683. The molecule has 2 aliphatic heterocycles. The van der Waals surface area contributed by atoms with Crippen LogP contribution in [0.1, 0.15) is 88.2 Å². The highest BCUT2D eigenvalue weighted by Gasteiger charge is 2.39. The molecule has 4 unspecified atom stereocenters. The van der Waals surface area contributed by atoms with Crippen LogP contribution in [0, 0.1) is 11.8 Å². The zero-order chi connectivity index (χ0) is 41.1. The Kier molecular flexibility index (Phi) is 12.0. The van der Waals surface area contributed by atoms with Crippen LogP contribution in [0.15, 0.2) is 60.7 Å². The number of hydrogen-bond acceptors (Lipinski definition) is 8. The van der Waals surface area contributed by atoms with Crippen molar-refractivity contribution >= 4 is 46.1 Å². The number of carbonyl (C=O) groups excluding carboxylic acids is 4. The van der Waals surface area contributed by atoms with E-state index in [1.54, 1.807) is 0 Å². The van der Waals surface area contributed by atoms with Crippen molar-refractivity contribution in [2.24, 2.45) is 11.8 Å². The molecule has 7 rings (SSSR count). The third-order valence-electron chi connectivity index (χ3n) is 11.5. The van der Waals surface area contributed by atoms with Crippen LogP contribution in [0.25, 0.3) is 33.2 Å². The van der Waals surface area contributed by atoms with Crippen LogP contribution in [0.5, 0.6) is 0 Å². The molecule has 14 nitrogen and oxygen atoms in total. The van der Waals surface area contributed by atoms with Crippen LogP contribution in [-0.2, 0) is 31.9 Å².